The first-order valence-electron chi connectivity index (χ1n) is 8.01. The Morgan fingerprint density at radius 1 is 0.958 bits per heavy atom. The first kappa shape index (κ1) is 15.1. The van der Waals surface area contributed by atoms with E-state index in [2.05, 4.69) is 23.4 Å². The molecule has 0 aliphatic carbocycles. The van der Waals surface area contributed by atoms with Crippen molar-refractivity contribution in [2.75, 3.05) is 0 Å². The van der Waals surface area contributed by atoms with E-state index in [0.29, 0.717) is 16.6 Å². The molecule has 0 spiro atoms. The molecule has 0 N–H and O–H groups in total. The summed E-state index contributed by atoms with van der Waals surface area (Å²) in [6.07, 6.45) is 0. The van der Waals surface area contributed by atoms with Gasteiger partial charge in [0.15, 0.2) is 11.3 Å². The molecular weight excluding hydrogens is 320 g/mol. The number of aromatic nitrogens is 4. The highest BCUT2D eigenvalue weighted by Gasteiger charge is 2.17. The SMILES string of the molecule is CC(C)Cn1c(-c2cccc(Cl)c2)nc2nc3ccccc3nc21. The summed E-state index contributed by atoms with van der Waals surface area (Å²) in [4.78, 5) is 14.2. The molecule has 2 aromatic carbocycles. The molecule has 4 nitrogen and oxygen atoms in total. The highest BCUT2D eigenvalue weighted by molar-refractivity contribution is 6.30. The van der Waals surface area contributed by atoms with Gasteiger partial charge in [-0.3, -0.25) is 0 Å². The third-order valence-corrected chi connectivity index (χ3v) is 4.12. The molecule has 0 fully saturated rings. The molecule has 5 heteroatoms. The number of fused-ring (bicyclic) bond motifs is 2. The van der Waals surface area contributed by atoms with Crippen LogP contribution in [-0.4, -0.2) is 19.5 Å². The van der Waals surface area contributed by atoms with Gasteiger partial charge in [0.2, 0.25) is 0 Å². The van der Waals surface area contributed by atoms with Crippen molar-refractivity contribution in [3.8, 4) is 11.4 Å². The van der Waals surface area contributed by atoms with Crippen molar-refractivity contribution in [1.82, 2.24) is 19.5 Å². The van der Waals surface area contributed by atoms with Gasteiger partial charge in [-0.15, -0.1) is 0 Å². The molecule has 120 valence electrons. The highest BCUT2D eigenvalue weighted by atomic mass is 35.5. The van der Waals surface area contributed by atoms with Gasteiger partial charge in [-0.2, -0.15) is 0 Å². The number of para-hydroxylation sites is 2. The third-order valence-electron chi connectivity index (χ3n) is 3.89. The number of halogens is 1. The van der Waals surface area contributed by atoms with Crippen molar-refractivity contribution >= 4 is 33.9 Å². The van der Waals surface area contributed by atoms with Crippen LogP contribution in [0.5, 0.6) is 0 Å². The second-order valence-electron chi connectivity index (χ2n) is 6.31. The standard InChI is InChI=1S/C19H17ClN4/c1-12(2)11-24-18(13-6-5-7-14(20)10-13)23-17-19(24)22-16-9-4-3-8-15(16)21-17/h3-10,12H,11H2,1-2H3. The van der Waals surface area contributed by atoms with Crippen molar-refractivity contribution in [2.45, 2.75) is 20.4 Å². The summed E-state index contributed by atoms with van der Waals surface area (Å²) in [5.74, 6) is 1.32. The summed E-state index contributed by atoms with van der Waals surface area (Å²) in [6, 6.07) is 15.6. The van der Waals surface area contributed by atoms with Crippen molar-refractivity contribution in [3.05, 3.63) is 53.6 Å². The zero-order chi connectivity index (χ0) is 16.7. The van der Waals surface area contributed by atoms with Gasteiger partial charge in [0.1, 0.15) is 5.82 Å². The van der Waals surface area contributed by atoms with E-state index in [1.54, 1.807) is 0 Å². The van der Waals surface area contributed by atoms with Gasteiger partial charge in [0.25, 0.3) is 0 Å². The van der Waals surface area contributed by atoms with Crippen LogP contribution in [0.1, 0.15) is 13.8 Å². The Morgan fingerprint density at radius 3 is 2.42 bits per heavy atom. The van der Waals surface area contributed by atoms with E-state index in [1.807, 2.05) is 48.5 Å². The monoisotopic (exact) mass is 336 g/mol. The molecule has 2 heterocycles. The number of nitrogens with zero attached hydrogens (tertiary/aromatic N) is 4. The average Bonchev–Trinajstić information content (AvgIpc) is 2.90. The lowest BCUT2D eigenvalue weighted by molar-refractivity contribution is 0.534. The molecule has 0 radical (unpaired) electrons. The van der Waals surface area contributed by atoms with E-state index in [0.717, 1.165) is 34.6 Å². The molecule has 0 atom stereocenters. The van der Waals surface area contributed by atoms with Crippen LogP contribution in [0.3, 0.4) is 0 Å². The van der Waals surface area contributed by atoms with Crippen molar-refractivity contribution in [2.24, 2.45) is 5.92 Å². The Morgan fingerprint density at radius 2 is 1.71 bits per heavy atom. The minimum Gasteiger partial charge on any atom is -0.307 e. The van der Waals surface area contributed by atoms with Crippen LogP contribution in [0.2, 0.25) is 5.02 Å². The van der Waals surface area contributed by atoms with Gasteiger partial charge in [0, 0.05) is 17.1 Å². The molecule has 0 saturated carbocycles. The summed E-state index contributed by atoms with van der Waals surface area (Å²) in [6.45, 7) is 5.19. The van der Waals surface area contributed by atoms with Gasteiger partial charge in [-0.1, -0.05) is 49.7 Å². The number of rotatable bonds is 3. The molecule has 24 heavy (non-hydrogen) atoms. The Bertz CT molecular complexity index is 1040. The summed E-state index contributed by atoms with van der Waals surface area (Å²) in [7, 11) is 0. The highest BCUT2D eigenvalue weighted by Crippen LogP contribution is 2.27. The predicted molar refractivity (Wildman–Crippen MR) is 98.1 cm³/mol. The van der Waals surface area contributed by atoms with Gasteiger partial charge >= 0.3 is 0 Å². The molecular formula is C19H17ClN4. The van der Waals surface area contributed by atoms with E-state index in [1.165, 1.54) is 0 Å². The molecule has 0 aliphatic heterocycles. The fourth-order valence-corrected chi connectivity index (χ4v) is 3.07. The first-order valence-corrected chi connectivity index (χ1v) is 8.38. The summed E-state index contributed by atoms with van der Waals surface area (Å²) >= 11 is 6.17. The van der Waals surface area contributed by atoms with Crippen LogP contribution >= 0.6 is 11.6 Å². The molecule has 0 aliphatic rings. The maximum Gasteiger partial charge on any atom is 0.198 e. The van der Waals surface area contributed by atoms with Gasteiger partial charge in [-0.05, 0) is 30.2 Å². The van der Waals surface area contributed by atoms with Crippen molar-refractivity contribution < 1.29 is 0 Å². The molecule has 4 aromatic rings. The van der Waals surface area contributed by atoms with Gasteiger partial charge in [-0.25, -0.2) is 15.0 Å². The van der Waals surface area contributed by atoms with E-state index in [9.17, 15) is 0 Å². The second-order valence-corrected chi connectivity index (χ2v) is 6.75. The normalized spacial score (nSPS) is 11.7. The predicted octanol–water partition coefficient (Wildman–Crippen LogP) is 4.96. The number of benzene rings is 2. The van der Waals surface area contributed by atoms with E-state index in [4.69, 9.17) is 21.6 Å². The average molecular weight is 337 g/mol. The topological polar surface area (TPSA) is 43.6 Å². The largest absolute Gasteiger partial charge is 0.307 e. The second kappa shape index (κ2) is 5.87. The summed E-state index contributed by atoms with van der Waals surface area (Å²) in [5, 5.41) is 0.696. The quantitative estimate of drug-likeness (QED) is 0.531. The van der Waals surface area contributed by atoms with Crippen LogP contribution in [0.25, 0.3) is 33.7 Å². The van der Waals surface area contributed by atoms with Crippen LogP contribution < -0.4 is 0 Å². The van der Waals surface area contributed by atoms with Crippen molar-refractivity contribution in [3.63, 3.8) is 0 Å². The number of hydrogen-bond acceptors (Lipinski definition) is 3. The maximum atomic E-state index is 6.17. The minimum atomic E-state index is 0.466. The maximum absolute atomic E-state index is 6.17. The fourth-order valence-electron chi connectivity index (χ4n) is 2.88. The lowest BCUT2D eigenvalue weighted by Gasteiger charge is -2.11. The van der Waals surface area contributed by atoms with Crippen LogP contribution in [0.15, 0.2) is 48.5 Å². The number of hydrogen-bond donors (Lipinski definition) is 0. The van der Waals surface area contributed by atoms with Gasteiger partial charge in [0.05, 0.1) is 11.0 Å². The summed E-state index contributed by atoms with van der Waals surface area (Å²) in [5.41, 5.74) is 4.21. The smallest absolute Gasteiger partial charge is 0.198 e. The van der Waals surface area contributed by atoms with E-state index < -0.39 is 0 Å². The first-order chi connectivity index (χ1) is 11.6. The molecule has 0 bridgehead atoms. The minimum absolute atomic E-state index is 0.466. The fraction of sp³-hybridized carbons (Fsp3) is 0.211. The van der Waals surface area contributed by atoms with E-state index >= 15 is 0 Å². The molecule has 0 unspecified atom stereocenters. The van der Waals surface area contributed by atoms with E-state index in [-0.39, 0.29) is 0 Å². The zero-order valence-electron chi connectivity index (χ0n) is 13.6. The molecule has 2 aromatic heterocycles. The Balaban J connectivity index is 2.02. The van der Waals surface area contributed by atoms with Crippen LogP contribution in [0.4, 0.5) is 0 Å². The third kappa shape index (κ3) is 2.63. The molecule has 4 rings (SSSR count). The Hall–Kier alpha value is -2.46. The lowest BCUT2D eigenvalue weighted by Crippen LogP contribution is -2.07. The number of imidazole rings is 1. The van der Waals surface area contributed by atoms with Crippen molar-refractivity contribution in [1.29, 1.82) is 0 Å². The molecule has 0 saturated heterocycles. The molecule has 0 amide bonds. The Labute approximate surface area is 145 Å². The Kier molecular flexibility index (Phi) is 3.69. The lowest BCUT2D eigenvalue weighted by atomic mass is 10.2. The van der Waals surface area contributed by atoms with Gasteiger partial charge < -0.3 is 4.57 Å². The summed E-state index contributed by atoms with van der Waals surface area (Å²) < 4.78 is 2.14. The van der Waals surface area contributed by atoms with Crippen LogP contribution in [-0.2, 0) is 6.54 Å². The zero-order valence-corrected chi connectivity index (χ0v) is 14.3. The van der Waals surface area contributed by atoms with Crippen LogP contribution in [0, 0.1) is 5.92 Å².